The smallest absolute Gasteiger partial charge is 0.262 e. The van der Waals surface area contributed by atoms with Crippen LogP contribution in [0.1, 0.15) is 10.4 Å². The normalized spacial score (nSPS) is 14.5. The summed E-state index contributed by atoms with van der Waals surface area (Å²) in [6, 6.07) is 7.17. The molecule has 3 heterocycles. The van der Waals surface area contributed by atoms with Gasteiger partial charge < -0.3 is 14.3 Å². The van der Waals surface area contributed by atoms with Gasteiger partial charge in [0.15, 0.2) is 11.4 Å². The molecule has 1 amide bonds. The van der Waals surface area contributed by atoms with Gasteiger partial charge in [-0.3, -0.25) is 9.52 Å². The van der Waals surface area contributed by atoms with Gasteiger partial charge in [-0.2, -0.15) is 0 Å². The Morgan fingerprint density at radius 1 is 1.14 bits per heavy atom. The second-order valence-corrected chi connectivity index (χ2v) is 7.68. The van der Waals surface area contributed by atoms with E-state index in [1.54, 1.807) is 18.5 Å². The van der Waals surface area contributed by atoms with Gasteiger partial charge in [0.25, 0.3) is 5.91 Å². The highest BCUT2D eigenvalue weighted by molar-refractivity contribution is 7.97. The summed E-state index contributed by atoms with van der Waals surface area (Å²) in [5.74, 6) is 1.21. The summed E-state index contributed by atoms with van der Waals surface area (Å²) in [7, 11) is 0. The first-order valence-corrected chi connectivity index (χ1v) is 10.6. The molecule has 2 aromatic heterocycles. The van der Waals surface area contributed by atoms with Gasteiger partial charge in [0.05, 0.1) is 21.0 Å². The average Bonchev–Trinajstić information content (AvgIpc) is 3.14. The highest BCUT2D eigenvalue weighted by Crippen LogP contribution is 2.33. The molecule has 1 fully saturated rings. The van der Waals surface area contributed by atoms with Crippen LogP contribution in [0.15, 0.2) is 35.0 Å². The predicted octanol–water partition coefficient (Wildman–Crippen LogP) is 3.86. The van der Waals surface area contributed by atoms with Gasteiger partial charge in [-0.05, 0) is 18.2 Å². The lowest BCUT2D eigenvalue weighted by atomic mass is 10.2. The van der Waals surface area contributed by atoms with Crippen LogP contribution in [0.4, 0.5) is 11.6 Å². The van der Waals surface area contributed by atoms with Gasteiger partial charge in [0, 0.05) is 38.6 Å². The monoisotopic (exact) mass is 437 g/mol. The highest BCUT2D eigenvalue weighted by Gasteiger charge is 2.25. The Bertz CT molecular complexity index is 1020. The summed E-state index contributed by atoms with van der Waals surface area (Å²) in [6.45, 7) is 2.86. The molecule has 0 spiro atoms. The Balaban J connectivity index is 1.49. The zero-order chi connectivity index (χ0) is 19.7. The number of fused-ring (bicyclic) bond motifs is 1. The number of hydrogen-bond donors (Lipinski definition) is 1. The number of carbonyl (C=O) groups is 1. The number of anilines is 2. The summed E-state index contributed by atoms with van der Waals surface area (Å²) < 4.78 is 8.07. The van der Waals surface area contributed by atoms with Gasteiger partial charge in [0.2, 0.25) is 0 Å². The highest BCUT2D eigenvalue weighted by atomic mass is 35.5. The molecule has 7 nitrogen and oxygen atoms in total. The van der Waals surface area contributed by atoms with Crippen molar-refractivity contribution in [3.8, 4) is 0 Å². The van der Waals surface area contributed by atoms with E-state index in [1.807, 2.05) is 18.2 Å². The molecule has 10 heteroatoms. The van der Waals surface area contributed by atoms with Crippen LogP contribution in [-0.4, -0.2) is 48.5 Å². The molecule has 0 bridgehead atoms. The van der Waals surface area contributed by atoms with Crippen molar-refractivity contribution in [1.82, 2.24) is 14.9 Å². The summed E-state index contributed by atoms with van der Waals surface area (Å²) in [6.07, 6.45) is 3.33. The Hall–Kier alpha value is -2.16. The zero-order valence-corrected chi connectivity index (χ0v) is 17.3. The van der Waals surface area contributed by atoms with Crippen LogP contribution >= 0.6 is 35.1 Å². The molecule has 0 radical (unpaired) electrons. The van der Waals surface area contributed by atoms with Crippen LogP contribution < -0.4 is 14.5 Å². The SMILES string of the molecule is CSNC(=O)c1cnc(N2CCN(c3noc4cccc(Cl)c34)CC2)c(Cl)c1. The average molecular weight is 438 g/mol. The Labute approximate surface area is 176 Å². The molecule has 28 heavy (non-hydrogen) atoms. The van der Waals surface area contributed by atoms with E-state index in [1.165, 1.54) is 11.9 Å². The fraction of sp³-hybridized carbons (Fsp3) is 0.278. The van der Waals surface area contributed by atoms with Crippen molar-refractivity contribution in [2.24, 2.45) is 0 Å². The number of nitrogens with one attached hydrogen (secondary N) is 1. The van der Waals surface area contributed by atoms with Crippen LogP contribution in [0.2, 0.25) is 10.0 Å². The minimum absolute atomic E-state index is 0.215. The van der Waals surface area contributed by atoms with Crippen LogP contribution in [0, 0.1) is 0 Å². The molecule has 1 aliphatic heterocycles. The largest absolute Gasteiger partial charge is 0.354 e. The van der Waals surface area contributed by atoms with Gasteiger partial charge in [-0.15, -0.1) is 0 Å². The fourth-order valence-corrected chi connectivity index (χ4v) is 4.06. The molecule has 0 saturated carbocycles. The maximum atomic E-state index is 11.9. The number of amides is 1. The third-order valence-electron chi connectivity index (χ3n) is 4.59. The molecular weight excluding hydrogens is 421 g/mol. The molecule has 0 atom stereocenters. The van der Waals surface area contributed by atoms with E-state index < -0.39 is 0 Å². The Kier molecular flexibility index (Phi) is 5.52. The number of piperazine rings is 1. The van der Waals surface area contributed by atoms with E-state index >= 15 is 0 Å². The maximum Gasteiger partial charge on any atom is 0.262 e. The molecule has 146 valence electrons. The van der Waals surface area contributed by atoms with Gasteiger partial charge in [-0.25, -0.2) is 4.98 Å². The van der Waals surface area contributed by atoms with E-state index in [0.717, 1.165) is 24.3 Å². The fourth-order valence-electron chi connectivity index (χ4n) is 3.22. The lowest BCUT2D eigenvalue weighted by Crippen LogP contribution is -2.47. The second kappa shape index (κ2) is 8.06. The van der Waals surface area contributed by atoms with Crippen molar-refractivity contribution < 1.29 is 9.32 Å². The molecular formula is C18H17Cl2N5O2S. The van der Waals surface area contributed by atoms with Crippen LogP contribution in [0.3, 0.4) is 0 Å². The summed E-state index contributed by atoms with van der Waals surface area (Å²) >= 11 is 14.0. The van der Waals surface area contributed by atoms with Crippen molar-refractivity contribution in [3.05, 3.63) is 46.1 Å². The van der Waals surface area contributed by atoms with Gasteiger partial charge in [0.1, 0.15) is 5.82 Å². The first kappa shape index (κ1) is 19.2. The van der Waals surface area contributed by atoms with Crippen LogP contribution in [-0.2, 0) is 0 Å². The lowest BCUT2D eigenvalue weighted by molar-refractivity contribution is 0.0984. The van der Waals surface area contributed by atoms with Crippen molar-refractivity contribution in [3.63, 3.8) is 0 Å². The number of benzene rings is 1. The molecule has 0 aliphatic carbocycles. The molecule has 1 N–H and O–H groups in total. The molecule has 4 rings (SSSR count). The minimum Gasteiger partial charge on any atom is -0.354 e. The Morgan fingerprint density at radius 2 is 1.86 bits per heavy atom. The number of carbonyl (C=O) groups excluding carboxylic acids is 1. The summed E-state index contributed by atoms with van der Waals surface area (Å²) in [5.41, 5.74) is 1.11. The quantitative estimate of drug-likeness (QED) is 0.620. The molecule has 1 aromatic carbocycles. The Morgan fingerprint density at radius 3 is 2.54 bits per heavy atom. The maximum absolute atomic E-state index is 11.9. The third kappa shape index (κ3) is 3.59. The van der Waals surface area contributed by atoms with Crippen molar-refractivity contribution in [2.75, 3.05) is 42.2 Å². The zero-order valence-electron chi connectivity index (χ0n) is 15.0. The van der Waals surface area contributed by atoms with E-state index in [9.17, 15) is 4.79 Å². The molecule has 1 aliphatic rings. The first-order chi connectivity index (χ1) is 13.6. The molecule has 1 saturated heterocycles. The second-order valence-electron chi connectivity index (χ2n) is 6.26. The summed E-state index contributed by atoms with van der Waals surface area (Å²) in [4.78, 5) is 20.6. The molecule has 3 aromatic rings. The third-order valence-corrected chi connectivity index (χ3v) is 5.57. The summed E-state index contributed by atoms with van der Waals surface area (Å²) in [5, 5.41) is 6.12. The minimum atomic E-state index is -0.215. The van der Waals surface area contributed by atoms with E-state index in [0.29, 0.717) is 40.1 Å². The van der Waals surface area contributed by atoms with E-state index in [4.69, 9.17) is 27.7 Å². The predicted molar refractivity (Wildman–Crippen MR) is 114 cm³/mol. The van der Waals surface area contributed by atoms with E-state index in [-0.39, 0.29) is 5.91 Å². The van der Waals surface area contributed by atoms with Crippen molar-refractivity contribution in [1.29, 1.82) is 0 Å². The first-order valence-electron chi connectivity index (χ1n) is 8.61. The number of halogens is 2. The van der Waals surface area contributed by atoms with Gasteiger partial charge >= 0.3 is 0 Å². The van der Waals surface area contributed by atoms with Crippen LogP contribution in [0.5, 0.6) is 0 Å². The number of rotatable bonds is 4. The number of nitrogens with zero attached hydrogens (tertiary/aromatic N) is 4. The number of pyridine rings is 1. The van der Waals surface area contributed by atoms with Gasteiger partial charge in [-0.1, -0.05) is 46.4 Å². The van der Waals surface area contributed by atoms with Crippen molar-refractivity contribution >= 4 is 63.7 Å². The molecule has 0 unspecified atom stereocenters. The number of aromatic nitrogens is 2. The lowest BCUT2D eigenvalue weighted by Gasteiger charge is -2.35. The van der Waals surface area contributed by atoms with Crippen LogP contribution in [0.25, 0.3) is 11.0 Å². The van der Waals surface area contributed by atoms with Crippen molar-refractivity contribution in [2.45, 2.75) is 0 Å². The van der Waals surface area contributed by atoms with E-state index in [2.05, 4.69) is 24.7 Å². The number of hydrogen-bond acceptors (Lipinski definition) is 7. The topological polar surface area (TPSA) is 74.5 Å². The standard InChI is InChI=1S/C18H17Cl2N5O2S/c1-28-23-18(26)11-9-13(20)16(21-10-11)24-5-7-25(8-6-24)17-15-12(19)3-2-4-14(15)27-22-17/h2-4,9-10H,5-8H2,1H3,(H,23,26).